The topological polar surface area (TPSA) is 55.8 Å². The quantitative estimate of drug-likeness (QED) is 0.672. The van der Waals surface area contributed by atoms with Crippen molar-refractivity contribution in [3.63, 3.8) is 0 Å². The molecule has 1 N–H and O–H groups in total. The lowest BCUT2D eigenvalue weighted by molar-refractivity contribution is -0.137. The molecule has 74 valence electrons. The molecule has 4 heteroatoms. The summed E-state index contributed by atoms with van der Waals surface area (Å²) >= 11 is 0. The number of carboxylic acid groups (broad SMARTS) is 1. The van der Waals surface area contributed by atoms with Crippen molar-refractivity contribution in [2.45, 2.75) is 25.9 Å². The van der Waals surface area contributed by atoms with Crippen LogP contribution in [0.2, 0.25) is 0 Å². The lowest BCUT2D eigenvalue weighted by Gasteiger charge is -2.21. The van der Waals surface area contributed by atoms with E-state index in [1.165, 1.54) is 0 Å². The van der Waals surface area contributed by atoms with Gasteiger partial charge >= 0.3 is 5.97 Å². The minimum absolute atomic E-state index is 0.114. The van der Waals surface area contributed by atoms with Crippen LogP contribution in [0.5, 0.6) is 0 Å². The molecule has 0 aliphatic carbocycles. The third-order valence-corrected chi connectivity index (χ3v) is 2.00. The molecule has 0 amide bonds. The number of aliphatic carboxylic acids is 1. The molecule has 0 spiro atoms. The minimum Gasteiger partial charge on any atom is -0.478 e. The van der Waals surface area contributed by atoms with Gasteiger partial charge < -0.3 is 14.6 Å². The average molecular weight is 186 g/mol. The first-order valence-electron chi connectivity index (χ1n) is 4.29. The first kappa shape index (κ1) is 10.2. The van der Waals surface area contributed by atoms with Gasteiger partial charge in [0.25, 0.3) is 0 Å². The highest BCUT2D eigenvalue weighted by atomic mass is 16.7. The summed E-state index contributed by atoms with van der Waals surface area (Å²) in [4.78, 5) is 10.4. The molecule has 1 atom stereocenters. The molecule has 1 unspecified atom stereocenters. The van der Waals surface area contributed by atoms with Crippen LogP contribution in [-0.4, -0.2) is 30.6 Å². The Balaban J connectivity index is 2.31. The maximum atomic E-state index is 10.4. The lowest BCUT2D eigenvalue weighted by Crippen LogP contribution is -2.23. The zero-order chi connectivity index (χ0) is 9.68. The summed E-state index contributed by atoms with van der Waals surface area (Å²) in [6.45, 7) is 2.61. The minimum atomic E-state index is -0.868. The third-order valence-electron chi connectivity index (χ3n) is 2.00. The molecule has 0 aromatic carbocycles. The van der Waals surface area contributed by atoms with E-state index in [1.54, 1.807) is 13.0 Å². The molecule has 1 rings (SSSR count). The molecule has 0 radical (unpaired) electrons. The molecule has 0 aromatic heterocycles. The molecule has 4 nitrogen and oxygen atoms in total. The Kier molecular flexibility index (Phi) is 3.92. The van der Waals surface area contributed by atoms with Crippen LogP contribution in [-0.2, 0) is 14.3 Å². The highest BCUT2D eigenvalue weighted by Crippen LogP contribution is 2.11. The van der Waals surface area contributed by atoms with Crippen molar-refractivity contribution >= 4 is 5.97 Å². The second kappa shape index (κ2) is 4.99. The number of carbonyl (C=O) groups is 1. The highest BCUT2D eigenvalue weighted by molar-refractivity contribution is 5.85. The summed E-state index contributed by atoms with van der Waals surface area (Å²) < 4.78 is 10.2. The second-order valence-corrected chi connectivity index (χ2v) is 3.03. The Morgan fingerprint density at radius 3 is 3.00 bits per heavy atom. The van der Waals surface area contributed by atoms with Crippen LogP contribution >= 0.6 is 0 Å². The van der Waals surface area contributed by atoms with Gasteiger partial charge in [-0.15, -0.1) is 0 Å². The van der Waals surface area contributed by atoms with E-state index in [0.29, 0.717) is 25.4 Å². The van der Waals surface area contributed by atoms with Gasteiger partial charge in [-0.25, -0.2) is 4.79 Å². The third kappa shape index (κ3) is 3.57. The van der Waals surface area contributed by atoms with Crippen molar-refractivity contribution in [3.8, 4) is 0 Å². The zero-order valence-electron chi connectivity index (χ0n) is 7.66. The predicted molar refractivity (Wildman–Crippen MR) is 46.3 cm³/mol. The van der Waals surface area contributed by atoms with Crippen molar-refractivity contribution in [2.24, 2.45) is 0 Å². The van der Waals surface area contributed by atoms with Crippen LogP contribution in [0.15, 0.2) is 11.6 Å². The van der Waals surface area contributed by atoms with E-state index in [0.717, 1.165) is 6.42 Å². The largest absolute Gasteiger partial charge is 0.478 e. The van der Waals surface area contributed by atoms with Crippen LogP contribution in [0.3, 0.4) is 0 Å². The summed E-state index contributed by atoms with van der Waals surface area (Å²) in [7, 11) is 0. The Bertz CT molecular complexity index is 204. The van der Waals surface area contributed by atoms with Gasteiger partial charge in [-0.3, -0.25) is 0 Å². The molecule has 13 heavy (non-hydrogen) atoms. The van der Waals surface area contributed by atoms with Gasteiger partial charge in [0, 0.05) is 5.57 Å². The van der Waals surface area contributed by atoms with Crippen molar-refractivity contribution in [3.05, 3.63) is 11.6 Å². The number of ether oxygens (including phenoxy) is 2. The van der Waals surface area contributed by atoms with Gasteiger partial charge in [-0.05, 0) is 19.8 Å². The Morgan fingerprint density at radius 2 is 2.46 bits per heavy atom. The maximum Gasteiger partial charge on any atom is 0.330 e. The Hall–Kier alpha value is -0.870. The molecular weight excluding hydrogens is 172 g/mol. The van der Waals surface area contributed by atoms with Crippen LogP contribution in [0, 0.1) is 0 Å². The smallest absolute Gasteiger partial charge is 0.330 e. The summed E-state index contributed by atoms with van der Waals surface area (Å²) in [5.74, 6) is -0.868. The lowest BCUT2D eigenvalue weighted by atomic mass is 10.1. The van der Waals surface area contributed by atoms with E-state index >= 15 is 0 Å². The number of hydrogen-bond acceptors (Lipinski definition) is 3. The van der Waals surface area contributed by atoms with Gasteiger partial charge in [-0.1, -0.05) is 6.08 Å². The monoisotopic (exact) mass is 186 g/mol. The molecule has 0 saturated carbocycles. The summed E-state index contributed by atoms with van der Waals surface area (Å²) in [5.41, 5.74) is 0.370. The van der Waals surface area contributed by atoms with Gasteiger partial charge in [0.15, 0.2) is 0 Å². The number of rotatable bonds is 3. The first-order chi connectivity index (χ1) is 6.20. The van der Waals surface area contributed by atoms with Gasteiger partial charge in [0.2, 0.25) is 0 Å². The molecule has 1 aliphatic heterocycles. The van der Waals surface area contributed by atoms with E-state index in [1.807, 2.05) is 0 Å². The SMILES string of the molecule is CC(=CCC1CCOCO1)C(=O)O. The molecule has 0 aromatic rings. The Labute approximate surface area is 77.1 Å². The second-order valence-electron chi connectivity index (χ2n) is 3.03. The van der Waals surface area contributed by atoms with Crippen molar-refractivity contribution in [1.29, 1.82) is 0 Å². The summed E-state index contributed by atoms with van der Waals surface area (Å²) in [5, 5.41) is 8.58. The van der Waals surface area contributed by atoms with E-state index < -0.39 is 5.97 Å². The van der Waals surface area contributed by atoms with Crippen LogP contribution < -0.4 is 0 Å². The normalized spacial score (nSPS) is 24.4. The molecular formula is C9H14O4. The van der Waals surface area contributed by atoms with Gasteiger partial charge in [0.1, 0.15) is 6.79 Å². The summed E-state index contributed by atoms with van der Waals surface area (Å²) in [6, 6.07) is 0. The molecule has 1 aliphatic rings. The number of hydrogen-bond donors (Lipinski definition) is 1. The molecule has 1 fully saturated rings. The van der Waals surface area contributed by atoms with Gasteiger partial charge in [-0.2, -0.15) is 0 Å². The van der Waals surface area contributed by atoms with Gasteiger partial charge in [0.05, 0.1) is 12.7 Å². The number of carboxylic acids is 1. The standard InChI is InChI=1S/C9H14O4/c1-7(9(10)11)2-3-8-4-5-12-6-13-8/h2,8H,3-6H2,1H3,(H,10,11). The van der Waals surface area contributed by atoms with Crippen LogP contribution in [0.25, 0.3) is 0 Å². The molecule has 1 saturated heterocycles. The fraction of sp³-hybridized carbons (Fsp3) is 0.667. The average Bonchev–Trinajstić information content (AvgIpc) is 2.15. The fourth-order valence-corrected chi connectivity index (χ4v) is 1.08. The highest BCUT2D eigenvalue weighted by Gasteiger charge is 2.12. The first-order valence-corrected chi connectivity index (χ1v) is 4.29. The van der Waals surface area contributed by atoms with Crippen LogP contribution in [0.1, 0.15) is 19.8 Å². The van der Waals surface area contributed by atoms with E-state index in [9.17, 15) is 4.79 Å². The fourth-order valence-electron chi connectivity index (χ4n) is 1.08. The van der Waals surface area contributed by atoms with E-state index in [4.69, 9.17) is 14.6 Å². The zero-order valence-corrected chi connectivity index (χ0v) is 7.66. The van der Waals surface area contributed by atoms with Crippen LogP contribution in [0.4, 0.5) is 0 Å². The predicted octanol–water partition coefficient (Wildman–Crippen LogP) is 1.17. The Morgan fingerprint density at radius 1 is 1.69 bits per heavy atom. The maximum absolute atomic E-state index is 10.4. The van der Waals surface area contributed by atoms with E-state index in [-0.39, 0.29) is 6.10 Å². The van der Waals surface area contributed by atoms with Crippen molar-refractivity contribution in [1.82, 2.24) is 0 Å². The molecule has 1 heterocycles. The van der Waals surface area contributed by atoms with Crippen molar-refractivity contribution < 1.29 is 19.4 Å². The summed E-state index contributed by atoms with van der Waals surface area (Å²) in [6.07, 6.45) is 3.30. The van der Waals surface area contributed by atoms with Crippen molar-refractivity contribution in [2.75, 3.05) is 13.4 Å². The molecule has 0 bridgehead atoms. The van der Waals surface area contributed by atoms with E-state index in [2.05, 4.69) is 0 Å².